The average molecular weight is 431 g/mol. The molecule has 0 unspecified atom stereocenters. The van der Waals surface area contributed by atoms with Gasteiger partial charge < -0.3 is 14.6 Å². The van der Waals surface area contributed by atoms with Crippen molar-refractivity contribution in [1.82, 2.24) is 4.90 Å². The summed E-state index contributed by atoms with van der Waals surface area (Å²) >= 11 is 0. The van der Waals surface area contributed by atoms with Gasteiger partial charge in [0.2, 0.25) is 0 Å². The summed E-state index contributed by atoms with van der Waals surface area (Å²) in [6, 6.07) is 23.7. The van der Waals surface area contributed by atoms with E-state index in [1.807, 2.05) is 60.7 Å². The monoisotopic (exact) mass is 431 g/mol. The number of nitrogens with zero attached hydrogens (tertiary/aromatic N) is 1. The maximum atomic E-state index is 12.8. The lowest BCUT2D eigenvalue weighted by Gasteiger charge is -2.22. The van der Waals surface area contributed by atoms with Crippen molar-refractivity contribution < 1.29 is 24.2 Å². The number of carbonyl (C=O) groups excluding carboxylic acids is 1. The Morgan fingerprint density at radius 2 is 1.50 bits per heavy atom. The van der Waals surface area contributed by atoms with Crippen LogP contribution in [0.5, 0.6) is 5.75 Å². The molecule has 0 spiro atoms. The van der Waals surface area contributed by atoms with E-state index < -0.39 is 18.6 Å². The van der Waals surface area contributed by atoms with E-state index in [2.05, 4.69) is 12.1 Å². The molecule has 1 N–H and O–H groups in total. The number of fused-ring (bicyclic) bond motifs is 3. The van der Waals surface area contributed by atoms with Crippen LogP contribution in [0.2, 0.25) is 0 Å². The van der Waals surface area contributed by atoms with Crippen molar-refractivity contribution in [2.45, 2.75) is 12.3 Å². The average Bonchev–Trinajstić information content (AvgIpc) is 3.14. The number of carbonyl (C=O) groups is 2. The minimum Gasteiger partial charge on any atom is -0.497 e. The van der Waals surface area contributed by atoms with Gasteiger partial charge in [0.1, 0.15) is 18.9 Å². The maximum absolute atomic E-state index is 12.8. The molecule has 0 radical (unpaired) electrons. The Hall–Kier alpha value is -3.80. The quantitative estimate of drug-likeness (QED) is 0.565. The molecule has 1 aliphatic carbocycles. The van der Waals surface area contributed by atoms with Crippen LogP contribution in [0.1, 0.15) is 22.6 Å². The van der Waals surface area contributed by atoms with Crippen LogP contribution in [-0.4, -0.2) is 48.9 Å². The van der Waals surface area contributed by atoms with Gasteiger partial charge in [0.05, 0.1) is 7.11 Å². The van der Waals surface area contributed by atoms with Gasteiger partial charge in [0.25, 0.3) is 0 Å². The molecular weight excluding hydrogens is 406 g/mol. The van der Waals surface area contributed by atoms with Gasteiger partial charge >= 0.3 is 12.1 Å². The van der Waals surface area contributed by atoms with Gasteiger partial charge in [-0.1, -0.05) is 60.7 Å². The number of ether oxygens (including phenoxy) is 2. The fraction of sp³-hybridized carbons (Fsp3) is 0.231. The number of hydrogen-bond donors (Lipinski definition) is 1. The van der Waals surface area contributed by atoms with E-state index in [4.69, 9.17) is 9.47 Å². The summed E-state index contributed by atoms with van der Waals surface area (Å²) in [6.45, 7) is -0.00630. The van der Waals surface area contributed by atoms with Crippen LogP contribution in [0.3, 0.4) is 0 Å². The van der Waals surface area contributed by atoms with E-state index in [1.165, 1.54) is 4.90 Å². The normalized spacial score (nSPS) is 12.0. The van der Waals surface area contributed by atoms with E-state index in [0.717, 1.165) is 33.6 Å². The maximum Gasteiger partial charge on any atom is 0.410 e. The van der Waals surface area contributed by atoms with Gasteiger partial charge in [0, 0.05) is 12.5 Å². The van der Waals surface area contributed by atoms with Crippen LogP contribution in [-0.2, 0) is 16.0 Å². The predicted octanol–water partition coefficient (Wildman–Crippen LogP) is 4.57. The van der Waals surface area contributed by atoms with Crippen molar-refractivity contribution in [2.75, 3.05) is 26.8 Å². The van der Waals surface area contributed by atoms with Gasteiger partial charge in [-0.15, -0.1) is 0 Å². The molecule has 1 aliphatic rings. The lowest BCUT2D eigenvalue weighted by atomic mass is 9.98. The zero-order valence-corrected chi connectivity index (χ0v) is 17.9. The second-order valence-corrected chi connectivity index (χ2v) is 7.72. The first-order valence-electron chi connectivity index (χ1n) is 10.5. The largest absolute Gasteiger partial charge is 0.497 e. The zero-order valence-electron chi connectivity index (χ0n) is 17.9. The molecule has 1 amide bonds. The summed E-state index contributed by atoms with van der Waals surface area (Å²) < 4.78 is 10.8. The Labute approximate surface area is 187 Å². The first-order chi connectivity index (χ1) is 15.6. The van der Waals surface area contributed by atoms with Crippen LogP contribution in [0.25, 0.3) is 11.1 Å². The van der Waals surface area contributed by atoms with Crippen LogP contribution in [0, 0.1) is 0 Å². The molecule has 0 fully saturated rings. The fourth-order valence-electron chi connectivity index (χ4n) is 4.14. The topological polar surface area (TPSA) is 76.1 Å². The Balaban J connectivity index is 1.44. The van der Waals surface area contributed by atoms with Crippen LogP contribution >= 0.6 is 0 Å². The first-order valence-corrected chi connectivity index (χ1v) is 10.5. The Kier molecular flexibility index (Phi) is 6.40. The molecule has 4 rings (SSSR count). The highest BCUT2D eigenvalue weighted by molar-refractivity contribution is 5.79. The molecule has 3 aromatic carbocycles. The van der Waals surface area contributed by atoms with Crippen molar-refractivity contribution in [3.63, 3.8) is 0 Å². The molecule has 0 heterocycles. The van der Waals surface area contributed by atoms with Crippen molar-refractivity contribution in [2.24, 2.45) is 0 Å². The minimum atomic E-state index is -1.08. The second-order valence-electron chi connectivity index (χ2n) is 7.72. The summed E-state index contributed by atoms with van der Waals surface area (Å²) in [5.74, 6) is -0.402. The third-order valence-corrected chi connectivity index (χ3v) is 5.75. The van der Waals surface area contributed by atoms with Gasteiger partial charge in [-0.05, 0) is 46.4 Å². The van der Waals surface area contributed by atoms with Gasteiger partial charge in [0.15, 0.2) is 0 Å². The molecule has 0 saturated carbocycles. The third kappa shape index (κ3) is 4.59. The summed E-state index contributed by atoms with van der Waals surface area (Å²) in [7, 11) is 1.60. The Morgan fingerprint density at radius 1 is 0.906 bits per heavy atom. The lowest BCUT2D eigenvalue weighted by Crippen LogP contribution is -2.38. The molecule has 0 aliphatic heterocycles. The minimum absolute atomic E-state index is 0.0698. The molecule has 0 saturated heterocycles. The van der Waals surface area contributed by atoms with Gasteiger partial charge in [-0.2, -0.15) is 0 Å². The van der Waals surface area contributed by atoms with E-state index in [0.29, 0.717) is 6.42 Å². The standard InChI is InChI=1S/C26H25NO5/c1-31-19-12-10-18(11-13-19)14-15-27(16-25(28)29)26(30)32-17-24-22-8-4-2-6-20(22)21-7-3-5-9-23(21)24/h2-13,24H,14-17H2,1H3,(H,28,29). The Morgan fingerprint density at radius 3 is 2.06 bits per heavy atom. The molecule has 0 aromatic heterocycles. The number of carboxylic acid groups (broad SMARTS) is 1. The molecule has 6 nitrogen and oxygen atoms in total. The molecule has 164 valence electrons. The van der Waals surface area contributed by atoms with Crippen LogP contribution in [0.15, 0.2) is 72.8 Å². The number of amides is 1. The first kappa shape index (κ1) is 21.4. The molecule has 32 heavy (non-hydrogen) atoms. The number of methoxy groups -OCH3 is 1. The molecule has 6 heteroatoms. The van der Waals surface area contributed by atoms with Crippen molar-refractivity contribution in [1.29, 1.82) is 0 Å². The number of rotatable bonds is 8. The van der Waals surface area contributed by atoms with Crippen LogP contribution < -0.4 is 4.74 Å². The highest BCUT2D eigenvalue weighted by atomic mass is 16.6. The number of aliphatic carboxylic acids is 1. The number of hydrogen-bond acceptors (Lipinski definition) is 4. The van der Waals surface area contributed by atoms with Crippen molar-refractivity contribution in [3.8, 4) is 16.9 Å². The van der Waals surface area contributed by atoms with E-state index in [-0.39, 0.29) is 19.1 Å². The smallest absolute Gasteiger partial charge is 0.410 e. The van der Waals surface area contributed by atoms with Gasteiger partial charge in [-0.3, -0.25) is 9.69 Å². The molecule has 3 aromatic rings. The summed E-state index contributed by atoms with van der Waals surface area (Å²) in [5, 5.41) is 9.27. The predicted molar refractivity (Wildman–Crippen MR) is 121 cm³/mol. The highest BCUT2D eigenvalue weighted by Gasteiger charge is 2.30. The highest BCUT2D eigenvalue weighted by Crippen LogP contribution is 2.44. The summed E-state index contributed by atoms with van der Waals surface area (Å²) in [6.07, 6.45) is -0.107. The fourth-order valence-corrected chi connectivity index (χ4v) is 4.14. The second kappa shape index (κ2) is 9.56. The SMILES string of the molecule is COc1ccc(CCN(CC(=O)O)C(=O)OCC2c3ccccc3-c3ccccc32)cc1. The lowest BCUT2D eigenvalue weighted by molar-refractivity contribution is -0.138. The molecule has 0 atom stereocenters. The van der Waals surface area contributed by atoms with E-state index >= 15 is 0 Å². The van der Waals surface area contributed by atoms with Crippen LogP contribution in [0.4, 0.5) is 4.79 Å². The summed E-state index contributed by atoms with van der Waals surface area (Å²) in [5.41, 5.74) is 5.50. The zero-order chi connectivity index (χ0) is 22.5. The van der Waals surface area contributed by atoms with Crippen molar-refractivity contribution in [3.05, 3.63) is 89.5 Å². The molecule has 0 bridgehead atoms. The van der Waals surface area contributed by atoms with Gasteiger partial charge in [-0.25, -0.2) is 4.79 Å². The number of carboxylic acids is 1. The molecular formula is C26H25NO5. The van der Waals surface area contributed by atoms with E-state index in [9.17, 15) is 14.7 Å². The number of benzene rings is 3. The van der Waals surface area contributed by atoms with Crippen molar-refractivity contribution >= 4 is 12.1 Å². The summed E-state index contributed by atoms with van der Waals surface area (Å²) in [4.78, 5) is 25.4. The Bertz CT molecular complexity index is 1060. The van der Waals surface area contributed by atoms with E-state index in [1.54, 1.807) is 7.11 Å². The third-order valence-electron chi connectivity index (χ3n) is 5.75.